The molecule has 0 radical (unpaired) electrons. The number of hydrogen-bond donors (Lipinski definition) is 2. The number of hydrogen-bond acceptors (Lipinski definition) is 2. The Morgan fingerprint density at radius 2 is 1.69 bits per heavy atom. The van der Waals surface area contributed by atoms with Gasteiger partial charge in [0.05, 0.1) is 5.41 Å². The predicted octanol–water partition coefficient (Wildman–Crippen LogP) is 1.52. The fourth-order valence-electron chi connectivity index (χ4n) is 0.722. The van der Waals surface area contributed by atoms with Crippen LogP contribution in [0.1, 0.15) is 26.7 Å². The van der Waals surface area contributed by atoms with E-state index in [1.807, 2.05) is 0 Å². The van der Waals surface area contributed by atoms with Crippen LogP contribution in [0, 0.1) is 5.41 Å². The third-order valence-corrected chi connectivity index (χ3v) is 2.06. The highest BCUT2D eigenvalue weighted by molar-refractivity contribution is 5.77. The second-order valence-corrected chi connectivity index (χ2v) is 3.43. The second-order valence-electron chi connectivity index (χ2n) is 3.43. The highest BCUT2D eigenvalue weighted by Gasteiger charge is 2.30. The van der Waals surface area contributed by atoms with E-state index in [1.165, 1.54) is 13.8 Å². The molecule has 0 amide bonds. The summed E-state index contributed by atoms with van der Waals surface area (Å²) in [6.45, 7) is 6.60. The summed E-state index contributed by atoms with van der Waals surface area (Å²) in [6, 6.07) is 0. The minimum absolute atomic E-state index is 0.0739. The van der Waals surface area contributed by atoms with Crippen molar-refractivity contribution in [2.45, 2.75) is 26.7 Å². The molecule has 0 aliphatic rings. The first-order valence-electron chi connectivity index (χ1n) is 3.92. The zero-order chi connectivity index (χ0) is 10.6. The first kappa shape index (κ1) is 11.7. The van der Waals surface area contributed by atoms with Crippen molar-refractivity contribution in [2.75, 3.05) is 0 Å². The normalized spacial score (nSPS) is 10.9. The summed E-state index contributed by atoms with van der Waals surface area (Å²) >= 11 is 0. The zero-order valence-corrected chi connectivity index (χ0v) is 7.83. The van der Waals surface area contributed by atoms with E-state index in [0.717, 1.165) is 0 Å². The Morgan fingerprint density at radius 3 is 2.00 bits per heavy atom. The lowest BCUT2D eigenvalue weighted by molar-refractivity contribution is -0.145. The van der Waals surface area contributed by atoms with E-state index in [1.54, 1.807) is 0 Å². The Balaban J connectivity index is 4.26. The molecule has 2 N–H and O–H groups in total. The molecule has 0 aromatic rings. The summed E-state index contributed by atoms with van der Waals surface area (Å²) in [5.74, 6) is -1.93. The first-order valence-corrected chi connectivity index (χ1v) is 3.92. The Hall–Kier alpha value is -1.32. The van der Waals surface area contributed by atoms with Crippen molar-refractivity contribution in [1.29, 1.82) is 0 Å². The average molecular weight is 186 g/mol. The lowest BCUT2D eigenvalue weighted by atomic mass is 9.83. The van der Waals surface area contributed by atoms with Crippen LogP contribution in [0.2, 0.25) is 0 Å². The molecule has 0 aromatic heterocycles. The van der Waals surface area contributed by atoms with Crippen molar-refractivity contribution >= 4 is 11.9 Å². The molecule has 0 aliphatic carbocycles. The first-order chi connectivity index (χ1) is 5.78. The van der Waals surface area contributed by atoms with Gasteiger partial charge in [0.25, 0.3) is 0 Å². The van der Waals surface area contributed by atoms with Gasteiger partial charge in [0, 0.05) is 6.42 Å². The van der Waals surface area contributed by atoms with Crippen LogP contribution in [0.3, 0.4) is 0 Å². The highest BCUT2D eigenvalue weighted by atomic mass is 16.4. The van der Waals surface area contributed by atoms with E-state index in [-0.39, 0.29) is 12.8 Å². The molecular weight excluding hydrogens is 172 g/mol. The molecule has 0 aliphatic heterocycles. The summed E-state index contributed by atoms with van der Waals surface area (Å²) in [5.41, 5.74) is -0.613. The summed E-state index contributed by atoms with van der Waals surface area (Å²) in [6.07, 6.45) is 0.129. The predicted molar refractivity (Wildman–Crippen MR) is 47.4 cm³/mol. The Kier molecular flexibility index (Phi) is 3.66. The number of carboxylic acid groups (broad SMARTS) is 2. The SMILES string of the molecule is C=C(CCC(=O)O)C(C)(C)C(=O)O. The van der Waals surface area contributed by atoms with Crippen molar-refractivity contribution < 1.29 is 19.8 Å². The molecule has 0 heterocycles. The van der Waals surface area contributed by atoms with Gasteiger partial charge in [-0.1, -0.05) is 12.2 Å². The van der Waals surface area contributed by atoms with Gasteiger partial charge in [-0.05, 0) is 20.3 Å². The Labute approximate surface area is 76.9 Å². The molecule has 0 saturated heterocycles. The van der Waals surface area contributed by atoms with Crippen LogP contribution in [-0.4, -0.2) is 22.2 Å². The number of carbonyl (C=O) groups is 2. The molecule has 0 fully saturated rings. The van der Waals surface area contributed by atoms with Crippen LogP contribution in [0.25, 0.3) is 0 Å². The molecule has 0 spiro atoms. The largest absolute Gasteiger partial charge is 0.481 e. The van der Waals surface area contributed by atoms with Crippen LogP contribution >= 0.6 is 0 Å². The average Bonchev–Trinajstić information content (AvgIpc) is 1.99. The molecule has 4 heteroatoms. The fourth-order valence-corrected chi connectivity index (χ4v) is 0.722. The van der Waals surface area contributed by atoms with Crippen LogP contribution in [0.5, 0.6) is 0 Å². The van der Waals surface area contributed by atoms with Crippen molar-refractivity contribution in [2.24, 2.45) is 5.41 Å². The van der Waals surface area contributed by atoms with E-state index in [4.69, 9.17) is 10.2 Å². The van der Waals surface area contributed by atoms with E-state index in [9.17, 15) is 9.59 Å². The van der Waals surface area contributed by atoms with Gasteiger partial charge in [0.15, 0.2) is 0 Å². The minimum Gasteiger partial charge on any atom is -0.481 e. The van der Waals surface area contributed by atoms with Crippen LogP contribution in [0.15, 0.2) is 12.2 Å². The monoisotopic (exact) mass is 186 g/mol. The molecule has 0 unspecified atom stereocenters. The maximum absolute atomic E-state index is 10.7. The Bertz CT molecular complexity index is 240. The van der Waals surface area contributed by atoms with E-state index < -0.39 is 17.4 Å². The van der Waals surface area contributed by atoms with Crippen molar-refractivity contribution in [3.8, 4) is 0 Å². The zero-order valence-electron chi connectivity index (χ0n) is 7.83. The van der Waals surface area contributed by atoms with E-state index in [2.05, 4.69) is 6.58 Å². The summed E-state index contributed by atoms with van der Waals surface area (Å²) in [7, 11) is 0. The van der Waals surface area contributed by atoms with Gasteiger partial charge in [-0.15, -0.1) is 0 Å². The van der Waals surface area contributed by atoms with Gasteiger partial charge in [0.2, 0.25) is 0 Å². The molecule has 0 saturated carbocycles. The standard InChI is InChI=1S/C9H14O4/c1-6(4-5-7(10)11)9(2,3)8(12)13/h1,4-5H2,2-3H3,(H,10,11)(H,12,13). The van der Waals surface area contributed by atoms with Gasteiger partial charge < -0.3 is 10.2 Å². The molecule has 0 aromatic carbocycles. The van der Waals surface area contributed by atoms with Gasteiger partial charge >= 0.3 is 11.9 Å². The quantitative estimate of drug-likeness (QED) is 0.638. The molecular formula is C9H14O4. The Morgan fingerprint density at radius 1 is 1.23 bits per heavy atom. The highest BCUT2D eigenvalue weighted by Crippen LogP contribution is 2.28. The second kappa shape index (κ2) is 4.07. The smallest absolute Gasteiger partial charge is 0.313 e. The third kappa shape index (κ3) is 3.27. The van der Waals surface area contributed by atoms with E-state index >= 15 is 0 Å². The maximum atomic E-state index is 10.7. The summed E-state index contributed by atoms with van der Waals surface area (Å²) < 4.78 is 0. The van der Waals surface area contributed by atoms with Gasteiger partial charge in [-0.2, -0.15) is 0 Å². The molecule has 4 nitrogen and oxygen atoms in total. The van der Waals surface area contributed by atoms with Gasteiger partial charge in [-0.3, -0.25) is 9.59 Å². The molecule has 0 bridgehead atoms. The number of rotatable bonds is 5. The van der Waals surface area contributed by atoms with Crippen LogP contribution < -0.4 is 0 Å². The van der Waals surface area contributed by atoms with E-state index in [0.29, 0.717) is 5.57 Å². The van der Waals surface area contributed by atoms with Crippen LogP contribution in [0.4, 0.5) is 0 Å². The maximum Gasteiger partial charge on any atom is 0.313 e. The topological polar surface area (TPSA) is 74.6 Å². The molecule has 0 rings (SSSR count). The van der Waals surface area contributed by atoms with Gasteiger partial charge in [0.1, 0.15) is 0 Å². The van der Waals surface area contributed by atoms with Crippen molar-refractivity contribution in [3.63, 3.8) is 0 Å². The minimum atomic E-state index is -1.05. The number of carboxylic acids is 2. The molecule has 0 atom stereocenters. The van der Waals surface area contributed by atoms with Crippen molar-refractivity contribution in [3.05, 3.63) is 12.2 Å². The summed E-state index contributed by atoms with van der Waals surface area (Å²) in [4.78, 5) is 20.9. The lowest BCUT2D eigenvalue weighted by Crippen LogP contribution is -2.25. The third-order valence-electron chi connectivity index (χ3n) is 2.06. The van der Waals surface area contributed by atoms with Crippen LogP contribution in [-0.2, 0) is 9.59 Å². The fraction of sp³-hybridized carbons (Fsp3) is 0.556. The van der Waals surface area contributed by atoms with Crippen molar-refractivity contribution in [1.82, 2.24) is 0 Å². The number of aliphatic carboxylic acids is 2. The van der Waals surface area contributed by atoms with Gasteiger partial charge in [-0.25, -0.2) is 0 Å². The molecule has 74 valence electrons. The lowest BCUT2D eigenvalue weighted by Gasteiger charge is -2.21. The molecule has 13 heavy (non-hydrogen) atoms. The summed E-state index contributed by atoms with van der Waals surface area (Å²) in [5, 5.41) is 17.1.